The number of nitrogens with one attached hydrogen (secondary N) is 1. The molecule has 1 aromatic rings. The van der Waals surface area contributed by atoms with Crippen LogP contribution in [0.15, 0.2) is 18.2 Å². The number of benzene rings is 1. The van der Waals surface area contributed by atoms with E-state index in [1.165, 1.54) is 0 Å². The molecule has 2 rings (SSSR count). The number of rotatable bonds is 5. The Hall–Kier alpha value is -1.13. The molecule has 1 aliphatic rings. The quantitative estimate of drug-likeness (QED) is 0.886. The van der Waals surface area contributed by atoms with Crippen LogP contribution < -0.4 is 10.2 Å². The second-order valence-corrected chi connectivity index (χ2v) is 4.88. The molecule has 0 aromatic heterocycles. The van der Waals surface area contributed by atoms with Gasteiger partial charge in [-0.3, -0.25) is 0 Å². The Balaban J connectivity index is 2.25. The Morgan fingerprint density at radius 2 is 2.26 bits per heavy atom. The Kier molecular flexibility index (Phi) is 5.16. The van der Waals surface area contributed by atoms with Crippen LogP contribution in [-0.2, 0) is 11.3 Å². The fraction of sp³-hybridized carbons (Fsp3) is 0.600. The van der Waals surface area contributed by atoms with Crippen LogP contribution in [0.1, 0.15) is 25.8 Å². The summed E-state index contributed by atoms with van der Waals surface area (Å²) in [7, 11) is 0. The molecule has 1 heterocycles. The average molecular weight is 266 g/mol. The molecule has 3 nitrogen and oxygen atoms in total. The lowest BCUT2D eigenvalue weighted by molar-refractivity contribution is 0.0929. The first-order valence-electron chi connectivity index (χ1n) is 7.09. The van der Waals surface area contributed by atoms with Crippen LogP contribution in [0, 0.1) is 5.82 Å². The Morgan fingerprint density at radius 1 is 1.42 bits per heavy atom. The third kappa shape index (κ3) is 3.45. The summed E-state index contributed by atoms with van der Waals surface area (Å²) in [6.45, 7) is 8.20. The number of ether oxygens (including phenoxy) is 1. The van der Waals surface area contributed by atoms with Crippen molar-refractivity contribution in [3.63, 3.8) is 0 Å². The maximum Gasteiger partial charge on any atom is 0.123 e. The zero-order valence-electron chi connectivity index (χ0n) is 11.8. The fourth-order valence-electron chi connectivity index (χ4n) is 2.55. The van der Waals surface area contributed by atoms with E-state index in [4.69, 9.17) is 4.74 Å². The molecule has 4 heteroatoms. The van der Waals surface area contributed by atoms with Gasteiger partial charge in [0, 0.05) is 18.8 Å². The third-order valence-electron chi connectivity index (χ3n) is 3.62. The first kappa shape index (κ1) is 14.3. The Morgan fingerprint density at radius 3 is 3.00 bits per heavy atom. The van der Waals surface area contributed by atoms with Crippen LogP contribution >= 0.6 is 0 Å². The molecule has 19 heavy (non-hydrogen) atoms. The van der Waals surface area contributed by atoms with E-state index in [0.29, 0.717) is 12.6 Å². The SMILES string of the molecule is CCNCc1cc(F)ccc1N1CCOCC1CC. The van der Waals surface area contributed by atoms with Crippen molar-refractivity contribution in [1.29, 1.82) is 0 Å². The summed E-state index contributed by atoms with van der Waals surface area (Å²) in [6, 6.07) is 5.47. The van der Waals surface area contributed by atoms with E-state index in [0.717, 1.165) is 44.0 Å². The standard InChI is InChI=1S/C15H23FN2O/c1-3-14-11-19-8-7-18(14)15-6-5-13(16)9-12(15)10-17-4-2/h5-6,9,14,17H,3-4,7-8,10-11H2,1-2H3. The molecular formula is C15H23FN2O. The van der Waals surface area contributed by atoms with Crippen molar-refractivity contribution in [3.8, 4) is 0 Å². The van der Waals surface area contributed by atoms with Gasteiger partial charge in [-0.25, -0.2) is 4.39 Å². The van der Waals surface area contributed by atoms with Gasteiger partial charge in [-0.15, -0.1) is 0 Å². The fourth-order valence-corrected chi connectivity index (χ4v) is 2.55. The molecule has 0 aliphatic carbocycles. The molecule has 0 bridgehead atoms. The van der Waals surface area contributed by atoms with Crippen molar-refractivity contribution in [2.45, 2.75) is 32.9 Å². The highest BCUT2D eigenvalue weighted by Gasteiger charge is 2.23. The topological polar surface area (TPSA) is 24.5 Å². The van der Waals surface area contributed by atoms with Crippen molar-refractivity contribution in [3.05, 3.63) is 29.6 Å². The van der Waals surface area contributed by atoms with Gasteiger partial charge in [0.25, 0.3) is 0 Å². The second-order valence-electron chi connectivity index (χ2n) is 4.88. The predicted octanol–water partition coefficient (Wildman–Crippen LogP) is 2.55. The number of nitrogens with zero attached hydrogens (tertiary/aromatic N) is 1. The van der Waals surface area contributed by atoms with Crippen molar-refractivity contribution in [2.24, 2.45) is 0 Å². The minimum atomic E-state index is -0.169. The molecule has 1 aliphatic heterocycles. The second kappa shape index (κ2) is 6.87. The largest absolute Gasteiger partial charge is 0.377 e. The van der Waals surface area contributed by atoms with Gasteiger partial charge in [-0.05, 0) is 36.7 Å². The molecule has 1 N–H and O–H groups in total. The van der Waals surface area contributed by atoms with Gasteiger partial charge in [0.15, 0.2) is 0 Å². The van der Waals surface area contributed by atoms with E-state index in [9.17, 15) is 4.39 Å². The van der Waals surface area contributed by atoms with Gasteiger partial charge in [0.05, 0.1) is 19.3 Å². The van der Waals surface area contributed by atoms with E-state index in [-0.39, 0.29) is 5.82 Å². The van der Waals surface area contributed by atoms with E-state index in [1.54, 1.807) is 12.1 Å². The van der Waals surface area contributed by atoms with Crippen LogP contribution in [0.2, 0.25) is 0 Å². The summed E-state index contributed by atoms with van der Waals surface area (Å²) in [5.41, 5.74) is 2.17. The monoisotopic (exact) mass is 266 g/mol. The highest BCUT2D eigenvalue weighted by Crippen LogP contribution is 2.26. The summed E-state index contributed by atoms with van der Waals surface area (Å²) < 4.78 is 19.0. The van der Waals surface area contributed by atoms with Gasteiger partial charge in [0.1, 0.15) is 5.82 Å². The molecule has 1 aromatic carbocycles. The van der Waals surface area contributed by atoms with Gasteiger partial charge in [-0.2, -0.15) is 0 Å². The zero-order chi connectivity index (χ0) is 13.7. The van der Waals surface area contributed by atoms with Crippen LogP contribution in [0.5, 0.6) is 0 Å². The van der Waals surface area contributed by atoms with Crippen molar-refractivity contribution >= 4 is 5.69 Å². The van der Waals surface area contributed by atoms with E-state index in [1.807, 2.05) is 6.07 Å². The van der Waals surface area contributed by atoms with Gasteiger partial charge >= 0.3 is 0 Å². The summed E-state index contributed by atoms with van der Waals surface area (Å²) in [5.74, 6) is -0.169. The minimum Gasteiger partial charge on any atom is -0.377 e. The smallest absolute Gasteiger partial charge is 0.123 e. The molecule has 0 amide bonds. The molecule has 1 saturated heterocycles. The number of hydrogen-bond acceptors (Lipinski definition) is 3. The maximum absolute atomic E-state index is 13.4. The van der Waals surface area contributed by atoms with Gasteiger partial charge < -0.3 is 15.0 Å². The number of morpholine rings is 1. The van der Waals surface area contributed by atoms with Crippen molar-refractivity contribution in [2.75, 3.05) is 31.2 Å². The van der Waals surface area contributed by atoms with Crippen LogP contribution in [0.25, 0.3) is 0 Å². The van der Waals surface area contributed by atoms with Crippen molar-refractivity contribution in [1.82, 2.24) is 5.32 Å². The molecule has 106 valence electrons. The van der Waals surface area contributed by atoms with Gasteiger partial charge in [0.2, 0.25) is 0 Å². The molecule has 1 atom stereocenters. The van der Waals surface area contributed by atoms with E-state index >= 15 is 0 Å². The molecular weight excluding hydrogens is 243 g/mol. The number of anilines is 1. The highest BCUT2D eigenvalue weighted by molar-refractivity contribution is 5.55. The lowest BCUT2D eigenvalue weighted by Crippen LogP contribution is -2.45. The van der Waals surface area contributed by atoms with E-state index in [2.05, 4.69) is 24.1 Å². The third-order valence-corrected chi connectivity index (χ3v) is 3.62. The predicted molar refractivity (Wildman–Crippen MR) is 76.0 cm³/mol. The summed E-state index contributed by atoms with van der Waals surface area (Å²) >= 11 is 0. The first-order valence-corrected chi connectivity index (χ1v) is 7.09. The minimum absolute atomic E-state index is 0.169. The van der Waals surface area contributed by atoms with E-state index < -0.39 is 0 Å². The first-order chi connectivity index (χ1) is 9.26. The Bertz CT molecular complexity index is 411. The van der Waals surface area contributed by atoms with Crippen LogP contribution in [0.3, 0.4) is 0 Å². The maximum atomic E-state index is 13.4. The van der Waals surface area contributed by atoms with Gasteiger partial charge in [-0.1, -0.05) is 13.8 Å². The number of halogens is 1. The summed E-state index contributed by atoms with van der Waals surface area (Å²) in [4.78, 5) is 2.36. The lowest BCUT2D eigenvalue weighted by Gasteiger charge is -2.38. The summed E-state index contributed by atoms with van der Waals surface area (Å²) in [5, 5.41) is 3.28. The zero-order valence-corrected chi connectivity index (χ0v) is 11.8. The lowest BCUT2D eigenvalue weighted by atomic mass is 10.1. The molecule has 1 unspecified atom stereocenters. The molecule has 0 radical (unpaired) electrons. The number of hydrogen-bond donors (Lipinski definition) is 1. The normalized spacial score (nSPS) is 19.7. The molecule has 0 spiro atoms. The van der Waals surface area contributed by atoms with Crippen molar-refractivity contribution < 1.29 is 9.13 Å². The highest BCUT2D eigenvalue weighted by atomic mass is 19.1. The van der Waals surface area contributed by atoms with Crippen LogP contribution in [-0.4, -0.2) is 32.3 Å². The Labute approximate surface area is 114 Å². The van der Waals surface area contributed by atoms with Crippen LogP contribution in [0.4, 0.5) is 10.1 Å². The molecule has 0 saturated carbocycles. The average Bonchev–Trinajstić information content (AvgIpc) is 2.45. The summed E-state index contributed by atoms with van der Waals surface area (Å²) in [6.07, 6.45) is 1.04. The molecule has 1 fully saturated rings.